The van der Waals surface area contributed by atoms with Crippen molar-refractivity contribution in [3.05, 3.63) is 54.5 Å². The molecular formula is C30H35N9. The summed E-state index contributed by atoms with van der Waals surface area (Å²) in [5.41, 5.74) is 8.03. The Labute approximate surface area is 228 Å². The van der Waals surface area contributed by atoms with E-state index in [-0.39, 0.29) is 0 Å². The van der Waals surface area contributed by atoms with E-state index in [4.69, 9.17) is 4.98 Å². The van der Waals surface area contributed by atoms with Gasteiger partial charge < -0.3 is 20.1 Å². The van der Waals surface area contributed by atoms with Crippen molar-refractivity contribution < 1.29 is 0 Å². The number of piperazine rings is 1. The molecule has 1 saturated carbocycles. The van der Waals surface area contributed by atoms with Gasteiger partial charge in [0, 0.05) is 62.3 Å². The lowest BCUT2D eigenvalue weighted by atomic mass is 10.0. The number of aromatic nitrogens is 6. The average Bonchev–Trinajstić information content (AvgIpc) is 3.73. The predicted molar refractivity (Wildman–Crippen MR) is 156 cm³/mol. The Morgan fingerprint density at radius 3 is 2.74 bits per heavy atom. The smallest absolute Gasteiger partial charge is 0.180 e. The maximum absolute atomic E-state index is 4.85. The average molecular weight is 522 g/mol. The van der Waals surface area contributed by atoms with Crippen LogP contribution in [-0.2, 0) is 6.54 Å². The van der Waals surface area contributed by atoms with Crippen LogP contribution >= 0.6 is 0 Å². The highest BCUT2D eigenvalue weighted by Gasteiger charge is 2.20. The van der Waals surface area contributed by atoms with Gasteiger partial charge in [-0.05, 0) is 67.7 Å². The van der Waals surface area contributed by atoms with E-state index in [0.29, 0.717) is 0 Å². The Balaban J connectivity index is 1.17. The molecule has 0 amide bonds. The quantitative estimate of drug-likeness (QED) is 0.288. The topological polar surface area (TPSA) is 102 Å². The van der Waals surface area contributed by atoms with Crippen LogP contribution in [0.1, 0.15) is 31.2 Å². The molecular weight excluding hydrogens is 486 g/mol. The van der Waals surface area contributed by atoms with Gasteiger partial charge in [0.05, 0.1) is 11.2 Å². The molecule has 1 aliphatic carbocycles. The molecule has 4 aromatic heterocycles. The SMILES string of the molecule is CN1CCN(c2ccnc3nc(-c4n[nH]c5ccc(-c6cncc(CNCC7CCCC7)c6)cc45)[nH]c23)CC1. The summed E-state index contributed by atoms with van der Waals surface area (Å²) in [6, 6.07) is 10.7. The lowest BCUT2D eigenvalue weighted by Gasteiger charge is -2.34. The van der Waals surface area contributed by atoms with Crippen LogP contribution in [0, 0.1) is 5.92 Å². The molecule has 3 N–H and O–H groups in total. The Morgan fingerprint density at radius 2 is 1.87 bits per heavy atom. The zero-order valence-corrected chi connectivity index (χ0v) is 22.5. The van der Waals surface area contributed by atoms with Crippen LogP contribution in [0.4, 0.5) is 5.69 Å². The minimum atomic E-state index is 0.718. The van der Waals surface area contributed by atoms with E-state index < -0.39 is 0 Å². The fourth-order valence-electron chi connectivity index (χ4n) is 6.07. The van der Waals surface area contributed by atoms with Crippen LogP contribution in [0.15, 0.2) is 48.9 Å². The first kappa shape index (κ1) is 24.2. The Morgan fingerprint density at radius 1 is 1.00 bits per heavy atom. The third-order valence-corrected chi connectivity index (χ3v) is 8.37. The summed E-state index contributed by atoms with van der Waals surface area (Å²) in [5, 5.41) is 12.5. The van der Waals surface area contributed by atoms with Crippen molar-refractivity contribution in [3.8, 4) is 22.6 Å². The maximum Gasteiger partial charge on any atom is 0.180 e. The minimum Gasteiger partial charge on any atom is -0.367 e. The standard InChI is InChI=1S/C30H35N9/c1-38-10-12-39(13-11-38)26-8-9-33-29-28(26)34-30(35-29)27-24-15-22(6-7-25(24)36-37-27)23-14-21(18-32-19-23)17-31-16-20-4-2-3-5-20/h6-9,14-15,18-20,31H,2-5,10-13,16-17H2,1H3,(H,36,37)(H,33,34,35). The number of fused-ring (bicyclic) bond motifs is 2. The summed E-state index contributed by atoms with van der Waals surface area (Å²) in [6.07, 6.45) is 11.2. The summed E-state index contributed by atoms with van der Waals surface area (Å²) >= 11 is 0. The van der Waals surface area contributed by atoms with Crippen molar-refractivity contribution in [2.24, 2.45) is 5.92 Å². The van der Waals surface area contributed by atoms with E-state index >= 15 is 0 Å². The predicted octanol–water partition coefficient (Wildman–Crippen LogP) is 4.59. The lowest BCUT2D eigenvalue weighted by Crippen LogP contribution is -2.44. The van der Waals surface area contributed by atoms with Gasteiger partial charge in [-0.3, -0.25) is 10.1 Å². The number of pyridine rings is 2. The number of aromatic amines is 2. The molecule has 2 aliphatic rings. The molecule has 7 rings (SSSR count). The molecule has 5 aromatic rings. The second-order valence-electron chi connectivity index (χ2n) is 11.1. The summed E-state index contributed by atoms with van der Waals surface area (Å²) in [7, 11) is 2.17. The summed E-state index contributed by atoms with van der Waals surface area (Å²) in [4.78, 5) is 22.3. The molecule has 2 fully saturated rings. The van der Waals surface area contributed by atoms with Gasteiger partial charge in [0.2, 0.25) is 0 Å². The fraction of sp³-hybridized carbons (Fsp3) is 0.400. The van der Waals surface area contributed by atoms with E-state index in [0.717, 1.165) is 95.6 Å². The van der Waals surface area contributed by atoms with Crippen LogP contribution in [-0.4, -0.2) is 74.8 Å². The van der Waals surface area contributed by atoms with Crippen molar-refractivity contribution in [2.45, 2.75) is 32.2 Å². The third kappa shape index (κ3) is 4.88. The van der Waals surface area contributed by atoms with Crippen LogP contribution in [0.25, 0.3) is 44.7 Å². The maximum atomic E-state index is 4.85. The number of hydrogen-bond donors (Lipinski definition) is 3. The highest BCUT2D eigenvalue weighted by molar-refractivity contribution is 5.96. The Bertz CT molecular complexity index is 1590. The summed E-state index contributed by atoms with van der Waals surface area (Å²) in [5.74, 6) is 1.56. The molecule has 0 radical (unpaired) electrons. The minimum absolute atomic E-state index is 0.718. The summed E-state index contributed by atoms with van der Waals surface area (Å²) in [6.45, 7) is 6.01. The van der Waals surface area contributed by atoms with Crippen LogP contribution in [0.5, 0.6) is 0 Å². The zero-order chi connectivity index (χ0) is 26.2. The molecule has 1 aromatic carbocycles. The number of imidazole rings is 1. The van der Waals surface area contributed by atoms with Crippen molar-refractivity contribution in [1.82, 2.24) is 40.3 Å². The molecule has 200 valence electrons. The first-order valence-corrected chi connectivity index (χ1v) is 14.1. The monoisotopic (exact) mass is 521 g/mol. The molecule has 9 nitrogen and oxygen atoms in total. The normalized spacial score (nSPS) is 17.1. The first-order valence-electron chi connectivity index (χ1n) is 14.1. The molecule has 9 heteroatoms. The number of benzene rings is 1. The van der Waals surface area contributed by atoms with Gasteiger partial charge in [-0.2, -0.15) is 5.10 Å². The van der Waals surface area contributed by atoms with Gasteiger partial charge in [0.15, 0.2) is 11.5 Å². The van der Waals surface area contributed by atoms with Crippen LogP contribution < -0.4 is 10.2 Å². The zero-order valence-electron chi connectivity index (χ0n) is 22.5. The number of hydrogen-bond acceptors (Lipinski definition) is 7. The van der Waals surface area contributed by atoms with Crippen molar-refractivity contribution in [2.75, 3.05) is 44.7 Å². The van der Waals surface area contributed by atoms with Crippen LogP contribution in [0.2, 0.25) is 0 Å². The molecule has 0 atom stereocenters. The van der Waals surface area contributed by atoms with Crippen molar-refractivity contribution in [3.63, 3.8) is 0 Å². The number of anilines is 1. The second-order valence-corrected chi connectivity index (χ2v) is 11.1. The molecule has 1 saturated heterocycles. The van der Waals surface area contributed by atoms with Gasteiger partial charge in [0.25, 0.3) is 0 Å². The lowest BCUT2D eigenvalue weighted by molar-refractivity contribution is 0.313. The molecule has 0 bridgehead atoms. The molecule has 0 unspecified atom stereocenters. The molecule has 1 aliphatic heterocycles. The molecule has 0 spiro atoms. The number of H-pyrrole nitrogens is 2. The Hall–Kier alpha value is -3.82. The highest BCUT2D eigenvalue weighted by Crippen LogP contribution is 2.32. The van der Waals surface area contributed by atoms with E-state index in [9.17, 15) is 0 Å². The number of nitrogens with zero attached hydrogens (tertiary/aromatic N) is 6. The number of nitrogens with one attached hydrogen (secondary N) is 3. The first-order chi connectivity index (χ1) is 19.2. The van der Waals surface area contributed by atoms with E-state index in [1.807, 2.05) is 18.6 Å². The van der Waals surface area contributed by atoms with E-state index in [1.54, 1.807) is 0 Å². The van der Waals surface area contributed by atoms with Gasteiger partial charge in [0.1, 0.15) is 11.2 Å². The number of likely N-dealkylation sites (N-methyl/N-ethyl adjacent to an activating group) is 1. The molecule has 39 heavy (non-hydrogen) atoms. The largest absolute Gasteiger partial charge is 0.367 e. The second kappa shape index (κ2) is 10.4. The van der Waals surface area contributed by atoms with E-state index in [2.05, 4.69) is 77.6 Å². The van der Waals surface area contributed by atoms with Crippen molar-refractivity contribution in [1.29, 1.82) is 0 Å². The highest BCUT2D eigenvalue weighted by atomic mass is 15.3. The van der Waals surface area contributed by atoms with Gasteiger partial charge in [-0.1, -0.05) is 18.9 Å². The van der Waals surface area contributed by atoms with Gasteiger partial charge in [-0.25, -0.2) is 9.97 Å². The summed E-state index contributed by atoms with van der Waals surface area (Å²) < 4.78 is 0. The molecule has 5 heterocycles. The van der Waals surface area contributed by atoms with Crippen molar-refractivity contribution >= 4 is 27.8 Å². The van der Waals surface area contributed by atoms with Crippen LogP contribution in [0.3, 0.4) is 0 Å². The fourth-order valence-corrected chi connectivity index (χ4v) is 6.07. The third-order valence-electron chi connectivity index (χ3n) is 8.37. The van der Waals surface area contributed by atoms with Gasteiger partial charge in [-0.15, -0.1) is 0 Å². The number of rotatable bonds is 7. The Kier molecular flexibility index (Phi) is 6.46. The van der Waals surface area contributed by atoms with E-state index in [1.165, 1.54) is 31.2 Å². The van der Waals surface area contributed by atoms with Gasteiger partial charge >= 0.3 is 0 Å².